The molecule has 1 aliphatic rings. The molecule has 0 bridgehead atoms. The monoisotopic (exact) mass is 368 g/mol. The molecule has 0 aliphatic carbocycles. The van der Waals surface area contributed by atoms with Gasteiger partial charge in [0.1, 0.15) is 10.9 Å². The molecule has 0 saturated carbocycles. The molecule has 0 saturated heterocycles. The molecular formula is C22H12N2O2S. The molecule has 5 aromatic rings. The Morgan fingerprint density at radius 2 is 1.74 bits per heavy atom. The molecule has 128 valence electrons. The smallest absolute Gasteiger partial charge is 0.265 e. The Hall–Kier alpha value is -3.44. The summed E-state index contributed by atoms with van der Waals surface area (Å²) in [4.78, 5) is 19.3. The maximum absolute atomic E-state index is 13.6. The lowest BCUT2D eigenvalue weighted by Gasteiger charge is -2.07. The number of aromatic nitrogens is 1. The van der Waals surface area contributed by atoms with Crippen LogP contribution in [0.25, 0.3) is 38.0 Å². The molecule has 0 atom stereocenters. The fraction of sp³-hybridized carbons (Fsp3) is 0. The van der Waals surface area contributed by atoms with E-state index >= 15 is 0 Å². The van der Waals surface area contributed by atoms with E-state index in [0.29, 0.717) is 27.3 Å². The van der Waals surface area contributed by atoms with Gasteiger partial charge in [0, 0.05) is 21.4 Å². The second-order valence-corrected chi connectivity index (χ2v) is 7.51. The second-order valence-electron chi connectivity index (χ2n) is 6.56. The van der Waals surface area contributed by atoms with Gasteiger partial charge in [0.05, 0.1) is 16.8 Å². The van der Waals surface area contributed by atoms with Gasteiger partial charge in [-0.05, 0) is 29.6 Å². The Labute approximate surface area is 157 Å². The number of pyridine rings is 1. The number of rotatable bonds is 1. The molecule has 0 unspecified atom stereocenters. The number of nitrogens with zero attached hydrogens (tertiary/aromatic N) is 2. The normalized spacial score (nSPS) is 12.3. The molecule has 4 heterocycles. The summed E-state index contributed by atoms with van der Waals surface area (Å²) in [6.07, 6.45) is 0. The highest BCUT2D eigenvalue weighted by atomic mass is 32.1. The van der Waals surface area contributed by atoms with Crippen LogP contribution in [0.3, 0.4) is 0 Å². The first-order valence-corrected chi connectivity index (χ1v) is 9.48. The van der Waals surface area contributed by atoms with E-state index in [-0.39, 0.29) is 11.3 Å². The number of fused-ring (bicyclic) bond motifs is 7. The summed E-state index contributed by atoms with van der Waals surface area (Å²) >= 11 is 1.53. The molecule has 3 aromatic heterocycles. The van der Waals surface area contributed by atoms with Crippen molar-refractivity contribution in [2.45, 2.75) is 0 Å². The fourth-order valence-electron chi connectivity index (χ4n) is 4.03. The van der Waals surface area contributed by atoms with Crippen molar-refractivity contribution in [3.8, 4) is 27.3 Å². The molecule has 27 heavy (non-hydrogen) atoms. The van der Waals surface area contributed by atoms with Crippen LogP contribution >= 0.6 is 11.3 Å². The fourth-order valence-corrected chi connectivity index (χ4v) is 4.80. The first-order valence-electron chi connectivity index (χ1n) is 8.60. The van der Waals surface area contributed by atoms with E-state index in [1.54, 1.807) is 4.40 Å². The van der Waals surface area contributed by atoms with Crippen molar-refractivity contribution in [2.24, 2.45) is 4.99 Å². The topological polar surface area (TPSA) is 54.1 Å². The second kappa shape index (κ2) is 5.05. The SMILES string of the molecule is O=c1c(-c2cccs2)c2c(c3c(O)c4ccccc4n13)=Nc1ccccc1-2. The summed E-state index contributed by atoms with van der Waals surface area (Å²) < 4.78 is 1.61. The van der Waals surface area contributed by atoms with Crippen LogP contribution in [0.2, 0.25) is 0 Å². The third-order valence-corrected chi connectivity index (χ3v) is 6.04. The third-order valence-electron chi connectivity index (χ3n) is 5.15. The highest BCUT2D eigenvalue weighted by molar-refractivity contribution is 7.13. The van der Waals surface area contributed by atoms with Crippen LogP contribution in [0.4, 0.5) is 5.69 Å². The zero-order valence-corrected chi connectivity index (χ0v) is 14.8. The van der Waals surface area contributed by atoms with Crippen molar-refractivity contribution >= 4 is 33.4 Å². The van der Waals surface area contributed by atoms with Crippen molar-refractivity contribution < 1.29 is 5.11 Å². The molecule has 1 aliphatic heterocycles. The van der Waals surface area contributed by atoms with E-state index < -0.39 is 0 Å². The van der Waals surface area contributed by atoms with Gasteiger partial charge in [-0.15, -0.1) is 11.3 Å². The number of hydrogen-bond acceptors (Lipinski definition) is 4. The van der Waals surface area contributed by atoms with Crippen LogP contribution in [0.1, 0.15) is 0 Å². The van der Waals surface area contributed by atoms with Gasteiger partial charge in [-0.1, -0.05) is 36.4 Å². The molecule has 0 spiro atoms. The molecule has 6 rings (SSSR count). The Morgan fingerprint density at radius 3 is 2.59 bits per heavy atom. The standard InChI is InChI=1S/C22H12N2O2S/c25-21-13-7-2-4-9-15(13)24-20(21)19-17(12-6-1-3-8-14(12)23-19)18(22(24)26)16-10-5-11-27-16/h1-11,25H. The Bertz CT molecular complexity index is 1500. The molecular weight excluding hydrogens is 356 g/mol. The van der Waals surface area contributed by atoms with E-state index in [9.17, 15) is 9.90 Å². The van der Waals surface area contributed by atoms with Gasteiger partial charge < -0.3 is 5.11 Å². The van der Waals surface area contributed by atoms with Gasteiger partial charge >= 0.3 is 0 Å². The summed E-state index contributed by atoms with van der Waals surface area (Å²) in [5.41, 5.74) is 4.25. The summed E-state index contributed by atoms with van der Waals surface area (Å²) in [6, 6.07) is 19.1. The Morgan fingerprint density at radius 1 is 0.926 bits per heavy atom. The van der Waals surface area contributed by atoms with E-state index in [4.69, 9.17) is 4.99 Å². The van der Waals surface area contributed by atoms with E-state index in [2.05, 4.69) is 0 Å². The Balaban J connectivity index is 1.97. The van der Waals surface area contributed by atoms with Crippen LogP contribution in [0.15, 0.2) is 75.8 Å². The molecule has 1 N–H and O–H groups in total. The maximum Gasteiger partial charge on any atom is 0.265 e. The van der Waals surface area contributed by atoms with Crippen LogP contribution in [-0.4, -0.2) is 9.51 Å². The summed E-state index contributed by atoms with van der Waals surface area (Å²) in [5.74, 6) is 0.105. The minimum atomic E-state index is -0.130. The van der Waals surface area contributed by atoms with Crippen LogP contribution < -0.4 is 10.9 Å². The first-order chi connectivity index (χ1) is 13.3. The summed E-state index contributed by atoms with van der Waals surface area (Å²) in [5, 5.41) is 14.2. The molecule has 5 heteroatoms. The number of benzene rings is 2. The highest BCUT2D eigenvalue weighted by Gasteiger charge is 2.27. The van der Waals surface area contributed by atoms with Crippen molar-refractivity contribution in [3.05, 3.63) is 81.8 Å². The van der Waals surface area contributed by atoms with Crippen LogP contribution in [0.5, 0.6) is 5.75 Å². The quantitative estimate of drug-likeness (QED) is 0.463. The lowest BCUT2D eigenvalue weighted by Crippen LogP contribution is -2.22. The molecule has 0 amide bonds. The zero-order chi connectivity index (χ0) is 18.1. The van der Waals surface area contributed by atoms with Crippen molar-refractivity contribution in [3.63, 3.8) is 0 Å². The minimum absolute atomic E-state index is 0.105. The van der Waals surface area contributed by atoms with E-state index in [1.807, 2.05) is 66.0 Å². The maximum atomic E-state index is 13.6. The average Bonchev–Trinajstić information content (AvgIpc) is 3.40. The molecule has 4 nitrogen and oxygen atoms in total. The van der Waals surface area contributed by atoms with Crippen molar-refractivity contribution in [2.75, 3.05) is 0 Å². The van der Waals surface area contributed by atoms with Gasteiger partial charge in [0.25, 0.3) is 5.56 Å². The van der Waals surface area contributed by atoms with Gasteiger partial charge in [0.2, 0.25) is 0 Å². The lowest BCUT2D eigenvalue weighted by atomic mass is 9.99. The largest absolute Gasteiger partial charge is 0.505 e. The number of aromatic hydroxyl groups is 1. The van der Waals surface area contributed by atoms with E-state index in [1.165, 1.54) is 11.3 Å². The van der Waals surface area contributed by atoms with Gasteiger partial charge in [0.15, 0.2) is 5.75 Å². The molecule has 0 fully saturated rings. The molecule has 0 radical (unpaired) electrons. The minimum Gasteiger partial charge on any atom is -0.505 e. The molecule has 2 aromatic carbocycles. The van der Waals surface area contributed by atoms with Gasteiger partial charge in [-0.3, -0.25) is 9.20 Å². The zero-order valence-electron chi connectivity index (χ0n) is 14.0. The average molecular weight is 368 g/mol. The van der Waals surface area contributed by atoms with Crippen molar-refractivity contribution in [1.29, 1.82) is 0 Å². The number of hydrogen-bond donors (Lipinski definition) is 1. The van der Waals surface area contributed by atoms with Crippen molar-refractivity contribution in [1.82, 2.24) is 4.40 Å². The predicted molar refractivity (Wildman–Crippen MR) is 108 cm³/mol. The van der Waals surface area contributed by atoms with E-state index in [0.717, 1.165) is 21.7 Å². The van der Waals surface area contributed by atoms with Crippen LogP contribution in [0, 0.1) is 0 Å². The Kier molecular flexibility index (Phi) is 2.75. The summed E-state index contributed by atoms with van der Waals surface area (Å²) in [6.45, 7) is 0. The highest BCUT2D eigenvalue weighted by Crippen LogP contribution is 2.41. The number of para-hydroxylation sites is 2. The first kappa shape index (κ1) is 14.7. The number of thiophene rings is 1. The van der Waals surface area contributed by atoms with Gasteiger partial charge in [-0.25, -0.2) is 4.99 Å². The predicted octanol–water partition coefficient (Wildman–Crippen LogP) is 4.54. The lowest BCUT2D eigenvalue weighted by molar-refractivity contribution is 0.487. The van der Waals surface area contributed by atoms with Gasteiger partial charge in [-0.2, -0.15) is 0 Å². The summed E-state index contributed by atoms with van der Waals surface area (Å²) in [7, 11) is 0. The third kappa shape index (κ3) is 1.76. The van der Waals surface area contributed by atoms with Crippen LogP contribution in [-0.2, 0) is 0 Å².